The van der Waals surface area contributed by atoms with Gasteiger partial charge in [0.2, 0.25) is 0 Å². The third kappa shape index (κ3) is 9.49. The summed E-state index contributed by atoms with van der Waals surface area (Å²) >= 11 is 5.96. The second kappa shape index (κ2) is 16.2. The third-order valence-corrected chi connectivity index (χ3v) is 3.75. The number of hydrogen-bond donors (Lipinski definition) is 0. The molecule has 150 valence electrons. The van der Waals surface area contributed by atoms with Crippen molar-refractivity contribution in [2.24, 2.45) is 0 Å². The molecule has 0 atom stereocenters. The quantitative estimate of drug-likeness (QED) is 0.510. The molecule has 0 fully saturated rings. The highest BCUT2D eigenvalue weighted by atomic mass is 35.5. The van der Waals surface area contributed by atoms with Gasteiger partial charge in [-0.1, -0.05) is 76.6 Å². The molecule has 0 amide bonds. The summed E-state index contributed by atoms with van der Waals surface area (Å²) in [6, 6.07) is 10.2. The van der Waals surface area contributed by atoms with Gasteiger partial charge in [-0.25, -0.2) is 0 Å². The lowest BCUT2D eigenvalue weighted by Crippen LogP contribution is -2.28. The van der Waals surface area contributed by atoms with Gasteiger partial charge in [0.15, 0.2) is 0 Å². The van der Waals surface area contributed by atoms with Crippen LogP contribution in [0.2, 0.25) is 5.02 Å². The largest absolute Gasteiger partial charge is 0.340 e. The van der Waals surface area contributed by atoms with Crippen LogP contribution in [0.3, 0.4) is 0 Å². The maximum atomic E-state index is 5.96. The molecule has 0 unspecified atom stereocenters. The molecule has 0 radical (unpaired) electrons. The Hall–Kier alpha value is -1.99. The van der Waals surface area contributed by atoms with Crippen LogP contribution in [0, 0.1) is 0 Å². The van der Waals surface area contributed by atoms with Crippen LogP contribution in [0.25, 0.3) is 12.7 Å². The molecule has 0 aliphatic rings. The molecule has 0 saturated heterocycles. The van der Waals surface area contributed by atoms with Crippen LogP contribution in [0.1, 0.15) is 59.7 Å². The van der Waals surface area contributed by atoms with Crippen molar-refractivity contribution in [1.82, 2.24) is 4.57 Å². The molecule has 0 saturated carbocycles. The van der Waals surface area contributed by atoms with Crippen molar-refractivity contribution in [1.29, 1.82) is 0 Å². The molecule has 0 aliphatic heterocycles. The number of aryl methyl sites for hydroxylation is 1. The maximum Gasteiger partial charge on any atom is 0.0479 e. The maximum absolute atomic E-state index is 5.96. The predicted molar refractivity (Wildman–Crippen MR) is 127 cm³/mol. The third-order valence-electron chi connectivity index (χ3n) is 3.50. The standard InChI is InChI=1S/C19H22ClN.2C2H6.C2H4/c1-5-18-12-15(4)19(11-6-14(2)3)21(18)13-16-7-9-17(20)10-8-16;3*1-2/h6-12H,4-5,13H2,1-3H3;2*1-2H3;1-2H2/b19-11+;;;. The summed E-state index contributed by atoms with van der Waals surface area (Å²) in [6.07, 6.45) is 5.30. The molecular formula is C25H38ClN. The van der Waals surface area contributed by atoms with Crippen LogP contribution in [0.5, 0.6) is 0 Å². The number of nitrogens with zero attached hydrogens (tertiary/aromatic N) is 1. The summed E-state index contributed by atoms with van der Waals surface area (Å²) in [5, 5.41) is 3.04. The molecule has 0 spiro atoms. The molecule has 2 aromatic rings. The zero-order chi connectivity index (χ0) is 21.4. The summed E-state index contributed by atoms with van der Waals surface area (Å²) in [7, 11) is 0. The van der Waals surface area contributed by atoms with E-state index in [9.17, 15) is 0 Å². The normalized spacial score (nSPS) is 9.70. The molecule has 1 aromatic carbocycles. The Kier molecular flexibility index (Phi) is 16.3. The molecule has 27 heavy (non-hydrogen) atoms. The summed E-state index contributed by atoms with van der Waals surface area (Å²) in [4.78, 5) is 0. The minimum atomic E-state index is 0.774. The minimum absolute atomic E-state index is 0.774. The van der Waals surface area contributed by atoms with Crippen LogP contribution in [0.4, 0.5) is 0 Å². The van der Waals surface area contributed by atoms with Gasteiger partial charge in [-0.2, -0.15) is 0 Å². The number of allylic oxidation sites excluding steroid dienone is 2. The first-order chi connectivity index (χ1) is 13.0. The average molecular weight is 388 g/mol. The van der Waals surface area contributed by atoms with Crippen molar-refractivity contribution in [3.05, 3.63) is 82.0 Å². The van der Waals surface area contributed by atoms with E-state index in [1.54, 1.807) is 0 Å². The van der Waals surface area contributed by atoms with Gasteiger partial charge in [0.1, 0.15) is 0 Å². The highest BCUT2D eigenvalue weighted by molar-refractivity contribution is 6.30. The van der Waals surface area contributed by atoms with Crippen LogP contribution in [-0.2, 0) is 13.0 Å². The van der Waals surface area contributed by atoms with Crippen molar-refractivity contribution in [3.8, 4) is 0 Å². The Labute approximate surface area is 172 Å². The van der Waals surface area contributed by atoms with Gasteiger partial charge in [-0.05, 0) is 55.3 Å². The lowest BCUT2D eigenvalue weighted by Gasteiger charge is -2.09. The highest BCUT2D eigenvalue weighted by Crippen LogP contribution is 2.11. The number of rotatable bonds is 4. The zero-order valence-electron chi connectivity index (χ0n) is 18.4. The first kappa shape index (κ1) is 27.2. The lowest BCUT2D eigenvalue weighted by molar-refractivity contribution is 0.729. The molecular weight excluding hydrogens is 350 g/mol. The zero-order valence-corrected chi connectivity index (χ0v) is 19.2. The first-order valence-corrected chi connectivity index (χ1v) is 10.2. The Morgan fingerprint density at radius 2 is 1.56 bits per heavy atom. The molecule has 2 heteroatoms. The fourth-order valence-electron chi connectivity index (χ4n) is 2.38. The van der Waals surface area contributed by atoms with E-state index in [1.807, 2.05) is 39.8 Å². The van der Waals surface area contributed by atoms with E-state index in [1.165, 1.54) is 22.2 Å². The Bertz CT molecular complexity index is 760. The van der Waals surface area contributed by atoms with Gasteiger partial charge in [-0.3, -0.25) is 0 Å². The van der Waals surface area contributed by atoms with E-state index in [0.717, 1.165) is 23.2 Å². The fourth-order valence-corrected chi connectivity index (χ4v) is 2.50. The Balaban J connectivity index is 0. The Morgan fingerprint density at radius 3 is 2.00 bits per heavy atom. The van der Waals surface area contributed by atoms with Crippen LogP contribution in [0.15, 0.2) is 55.1 Å². The molecule has 1 aromatic heterocycles. The summed E-state index contributed by atoms with van der Waals surface area (Å²) < 4.78 is 2.34. The van der Waals surface area contributed by atoms with Crippen molar-refractivity contribution in [2.75, 3.05) is 0 Å². The summed E-state index contributed by atoms with van der Waals surface area (Å²) in [5.41, 5.74) is 3.84. The second-order valence-corrected chi connectivity index (χ2v) is 5.96. The van der Waals surface area contributed by atoms with E-state index in [0.29, 0.717) is 0 Å². The van der Waals surface area contributed by atoms with E-state index >= 15 is 0 Å². The van der Waals surface area contributed by atoms with Gasteiger partial charge in [0.25, 0.3) is 0 Å². The molecule has 0 N–H and O–H groups in total. The van der Waals surface area contributed by atoms with Gasteiger partial charge >= 0.3 is 0 Å². The molecule has 0 aliphatic carbocycles. The van der Waals surface area contributed by atoms with Crippen molar-refractivity contribution in [2.45, 2.75) is 61.4 Å². The minimum Gasteiger partial charge on any atom is -0.340 e. The average Bonchev–Trinajstić information content (AvgIpc) is 3.01. The molecule has 0 bridgehead atoms. The van der Waals surface area contributed by atoms with Crippen LogP contribution >= 0.6 is 11.6 Å². The topological polar surface area (TPSA) is 4.93 Å². The van der Waals surface area contributed by atoms with Crippen LogP contribution in [-0.4, -0.2) is 4.57 Å². The van der Waals surface area contributed by atoms with Crippen molar-refractivity contribution in [3.63, 3.8) is 0 Å². The molecule has 2 rings (SSSR count). The number of hydrogen-bond acceptors (Lipinski definition) is 0. The predicted octanol–water partition coefficient (Wildman–Crippen LogP) is 6.76. The summed E-state index contributed by atoms with van der Waals surface area (Å²) in [5.74, 6) is 0. The lowest BCUT2D eigenvalue weighted by atomic mass is 10.2. The van der Waals surface area contributed by atoms with Crippen molar-refractivity contribution < 1.29 is 0 Å². The van der Waals surface area contributed by atoms with Crippen molar-refractivity contribution >= 4 is 24.3 Å². The smallest absolute Gasteiger partial charge is 0.0479 e. The number of aromatic nitrogens is 1. The summed E-state index contributed by atoms with van der Waals surface area (Å²) in [6.45, 7) is 25.4. The second-order valence-electron chi connectivity index (χ2n) is 5.52. The van der Waals surface area contributed by atoms with Gasteiger partial charge in [-0.15, -0.1) is 13.2 Å². The Morgan fingerprint density at radius 1 is 1.04 bits per heavy atom. The van der Waals surface area contributed by atoms with Crippen LogP contribution < -0.4 is 10.6 Å². The van der Waals surface area contributed by atoms with E-state index in [4.69, 9.17) is 11.6 Å². The first-order valence-electron chi connectivity index (χ1n) is 9.78. The van der Waals surface area contributed by atoms with E-state index in [-0.39, 0.29) is 0 Å². The SMILES string of the molecule is C=C.C=c1cc(CC)n(Cc2ccc(Cl)cc2)/c1=C/C=C(C)C.CC.CC. The van der Waals surface area contributed by atoms with Gasteiger partial charge < -0.3 is 4.57 Å². The molecule has 1 nitrogen and oxygen atoms in total. The fraction of sp³-hybridized carbons (Fsp3) is 0.360. The van der Waals surface area contributed by atoms with E-state index < -0.39 is 0 Å². The van der Waals surface area contributed by atoms with Gasteiger partial charge in [0.05, 0.1) is 0 Å². The number of halogens is 1. The number of benzene rings is 1. The van der Waals surface area contributed by atoms with Gasteiger partial charge in [0, 0.05) is 22.6 Å². The monoisotopic (exact) mass is 387 g/mol. The highest BCUT2D eigenvalue weighted by Gasteiger charge is 2.04. The molecule has 1 heterocycles. The van der Waals surface area contributed by atoms with E-state index in [2.05, 4.69) is 75.4 Å².